The molecule has 3 amide bonds. The van der Waals surface area contributed by atoms with Crippen molar-refractivity contribution in [3.8, 4) is 0 Å². The maximum absolute atomic E-state index is 11.6. The van der Waals surface area contributed by atoms with Gasteiger partial charge in [0.25, 0.3) is 5.91 Å². The highest BCUT2D eigenvalue weighted by Crippen LogP contribution is 2.28. The molecule has 1 rings (SSSR count). The van der Waals surface area contributed by atoms with E-state index in [1.165, 1.54) is 13.2 Å². The van der Waals surface area contributed by atoms with Gasteiger partial charge in [-0.3, -0.25) is 19.3 Å². The van der Waals surface area contributed by atoms with Crippen molar-refractivity contribution in [3.05, 3.63) is 11.8 Å². The zero-order valence-electron chi connectivity index (χ0n) is 15.4. The Balaban J connectivity index is 0. The van der Waals surface area contributed by atoms with Crippen LogP contribution in [0.5, 0.6) is 0 Å². The molecule has 0 atom stereocenters. The van der Waals surface area contributed by atoms with Crippen LogP contribution >= 0.6 is 58.0 Å². The fourth-order valence-corrected chi connectivity index (χ4v) is 1.68. The van der Waals surface area contributed by atoms with Crippen molar-refractivity contribution in [2.75, 3.05) is 13.7 Å². The van der Waals surface area contributed by atoms with Crippen LogP contribution in [0, 0.1) is 0 Å². The van der Waals surface area contributed by atoms with Gasteiger partial charge in [-0.05, 0) is 19.3 Å². The van der Waals surface area contributed by atoms with Gasteiger partial charge in [0, 0.05) is 18.9 Å². The molecule has 11 heteroatoms. The van der Waals surface area contributed by atoms with Crippen LogP contribution < -0.4 is 5.73 Å². The largest absolute Gasteiger partial charge is 0.499 e. The maximum Gasteiger partial charge on any atom is 0.257 e. The standard InChI is InChI=1S/C10H13Cl2NO3.C3H5Cl3.C3H7NO/c1-16-7-5-10(15)13(6-7)9(14)4-2-3-8(11)12;1-2-3(4,5)6;1-2-3(4)5/h5,8H,2-4,6H2,1H3;2H2,1H3;2H2,1H3,(H2,4,5). The monoisotopic (exact) mass is 484 g/mol. The average Bonchev–Trinajstić information content (AvgIpc) is 2.96. The van der Waals surface area contributed by atoms with Crippen molar-refractivity contribution in [3.63, 3.8) is 0 Å². The Bertz CT molecular complexity index is 508. The Labute approximate surface area is 185 Å². The van der Waals surface area contributed by atoms with Gasteiger partial charge >= 0.3 is 0 Å². The van der Waals surface area contributed by atoms with E-state index >= 15 is 0 Å². The number of alkyl halides is 5. The van der Waals surface area contributed by atoms with Crippen LogP contribution in [0.3, 0.4) is 0 Å². The number of imide groups is 1. The summed E-state index contributed by atoms with van der Waals surface area (Å²) in [5.41, 5.74) is 4.65. The zero-order valence-corrected chi connectivity index (χ0v) is 19.2. The smallest absolute Gasteiger partial charge is 0.257 e. The molecule has 158 valence electrons. The van der Waals surface area contributed by atoms with E-state index in [1.54, 1.807) is 6.92 Å². The third-order valence-corrected chi connectivity index (χ3v) is 4.23. The van der Waals surface area contributed by atoms with Gasteiger partial charge in [-0.15, -0.1) is 23.2 Å². The second-order valence-electron chi connectivity index (χ2n) is 5.20. The third kappa shape index (κ3) is 17.4. The van der Waals surface area contributed by atoms with Gasteiger partial charge in [-0.2, -0.15) is 0 Å². The lowest BCUT2D eigenvalue weighted by Crippen LogP contribution is -2.32. The number of carbonyl (C=O) groups excluding carboxylic acids is 3. The summed E-state index contributed by atoms with van der Waals surface area (Å²) < 4.78 is 3.87. The second kappa shape index (κ2) is 15.5. The molecule has 0 saturated heterocycles. The average molecular weight is 487 g/mol. The number of nitrogens with two attached hydrogens (primary N) is 1. The number of ether oxygens (including phenoxy) is 1. The maximum atomic E-state index is 11.6. The van der Waals surface area contributed by atoms with Crippen molar-refractivity contribution in [2.45, 2.75) is 54.6 Å². The molecule has 0 aromatic rings. The Morgan fingerprint density at radius 1 is 1.30 bits per heavy atom. The summed E-state index contributed by atoms with van der Waals surface area (Å²) in [6.45, 7) is 3.76. The molecule has 0 aliphatic carbocycles. The minimum absolute atomic E-state index is 0.220. The Morgan fingerprint density at radius 2 is 1.78 bits per heavy atom. The van der Waals surface area contributed by atoms with Crippen molar-refractivity contribution >= 4 is 75.7 Å². The molecule has 0 aromatic heterocycles. The lowest BCUT2D eigenvalue weighted by atomic mass is 10.2. The topological polar surface area (TPSA) is 89.7 Å². The van der Waals surface area contributed by atoms with E-state index in [-0.39, 0.29) is 30.7 Å². The van der Waals surface area contributed by atoms with Crippen molar-refractivity contribution in [2.24, 2.45) is 5.73 Å². The highest BCUT2D eigenvalue weighted by atomic mass is 35.6. The summed E-state index contributed by atoms with van der Waals surface area (Å²) in [6, 6.07) is 0. The molecule has 0 spiro atoms. The van der Waals surface area contributed by atoms with Crippen LogP contribution in [0.4, 0.5) is 0 Å². The summed E-state index contributed by atoms with van der Waals surface area (Å²) in [4.78, 5) is 33.3. The van der Waals surface area contributed by atoms with Crippen LogP contribution in [0.2, 0.25) is 0 Å². The minimum Gasteiger partial charge on any atom is -0.499 e. The van der Waals surface area contributed by atoms with Crippen LogP contribution in [0.15, 0.2) is 11.8 Å². The number of primary amides is 1. The molecule has 0 radical (unpaired) electrons. The molecular weight excluding hydrogens is 461 g/mol. The predicted molar refractivity (Wildman–Crippen MR) is 111 cm³/mol. The van der Waals surface area contributed by atoms with Crippen LogP contribution in [-0.2, 0) is 19.1 Å². The fraction of sp³-hybridized carbons (Fsp3) is 0.688. The fourth-order valence-electron chi connectivity index (χ4n) is 1.37. The molecule has 1 aliphatic rings. The van der Waals surface area contributed by atoms with E-state index < -0.39 is 8.63 Å². The molecule has 0 bridgehead atoms. The van der Waals surface area contributed by atoms with Gasteiger partial charge in [0.2, 0.25) is 11.8 Å². The number of nitrogens with zero attached hydrogens (tertiary/aromatic N) is 1. The summed E-state index contributed by atoms with van der Waals surface area (Å²) >= 11 is 26.8. The van der Waals surface area contributed by atoms with Crippen LogP contribution in [0.1, 0.15) is 46.0 Å². The lowest BCUT2D eigenvalue weighted by Gasteiger charge is -2.14. The van der Waals surface area contributed by atoms with E-state index in [0.717, 1.165) is 4.90 Å². The number of amides is 3. The molecule has 1 aliphatic heterocycles. The van der Waals surface area contributed by atoms with Gasteiger partial charge in [-0.25, -0.2) is 0 Å². The van der Waals surface area contributed by atoms with Crippen LogP contribution in [-0.4, -0.2) is 44.9 Å². The zero-order chi connectivity index (χ0) is 21.6. The van der Waals surface area contributed by atoms with Gasteiger partial charge in [0.15, 0.2) is 3.79 Å². The summed E-state index contributed by atoms with van der Waals surface area (Å²) in [5.74, 6) is -0.284. The molecule has 2 N–H and O–H groups in total. The molecular formula is C16H25Cl5N2O4. The lowest BCUT2D eigenvalue weighted by molar-refractivity contribution is -0.140. The highest BCUT2D eigenvalue weighted by molar-refractivity contribution is 6.67. The Morgan fingerprint density at radius 3 is 2.07 bits per heavy atom. The molecule has 6 nitrogen and oxygen atoms in total. The SMILES string of the molecule is CCC(Cl)(Cl)Cl.CCC(N)=O.COC1=CC(=O)N(C(=O)CCCC(Cl)Cl)C1. The molecule has 0 fully saturated rings. The van der Waals surface area contributed by atoms with E-state index in [0.29, 0.717) is 31.4 Å². The van der Waals surface area contributed by atoms with E-state index in [2.05, 4.69) is 5.73 Å². The number of carbonyl (C=O) groups is 3. The molecule has 0 unspecified atom stereocenters. The number of methoxy groups -OCH3 is 1. The van der Waals surface area contributed by atoms with Gasteiger partial charge in [-0.1, -0.05) is 48.7 Å². The van der Waals surface area contributed by atoms with E-state index in [1.807, 2.05) is 6.92 Å². The first-order valence-corrected chi connectivity index (χ1v) is 10.1. The van der Waals surface area contributed by atoms with Gasteiger partial charge < -0.3 is 10.5 Å². The Hall–Kier alpha value is -0.400. The summed E-state index contributed by atoms with van der Waals surface area (Å²) in [7, 11) is 1.47. The number of hydrogen-bond acceptors (Lipinski definition) is 4. The number of halogens is 5. The van der Waals surface area contributed by atoms with E-state index in [4.69, 9.17) is 62.7 Å². The quantitative estimate of drug-likeness (QED) is 0.560. The van der Waals surface area contributed by atoms with Crippen molar-refractivity contribution in [1.82, 2.24) is 4.90 Å². The van der Waals surface area contributed by atoms with Crippen molar-refractivity contribution in [1.29, 1.82) is 0 Å². The Kier molecular flexibility index (Phi) is 16.6. The molecule has 0 saturated carbocycles. The number of hydrogen-bond donors (Lipinski definition) is 1. The first-order valence-electron chi connectivity index (χ1n) is 8.09. The van der Waals surface area contributed by atoms with Crippen LogP contribution in [0.25, 0.3) is 0 Å². The normalized spacial score (nSPS) is 13.3. The summed E-state index contributed by atoms with van der Waals surface area (Å²) in [5, 5.41) is 0. The molecule has 1 heterocycles. The van der Waals surface area contributed by atoms with Gasteiger partial charge in [0.05, 0.1) is 13.7 Å². The molecule has 27 heavy (non-hydrogen) atoms. The van der Waals surface area contributed by atoms with Gasteiger partial charge in [0.1, 0.15) is 10.6 Å². The second-order valence-corrected chi connectivity index (χ2v) is 9.00. The predicted octanol–water partition coefficient (Wildman–Crippen LogP) is 4.51. The highest BCUT2D eigenvalue weighted by Gasteiger charge is 2.27. The summed E-state index contributed by atoms with van der Waals surface area (Å²) in [6.07, 6.45) is 3.72. The first-order chi connectivity index (χ1) is 12.4. The molecule has 0 aromatic carbocycles. The number of rotatable bonds is 6. The van der Waals surface area contributed by atoms with E-state index in [9.17, 15) is 14.4 Å². The first kappa shape index (κ1) is 28.8. The minimum atomic E-state index is -1.04. The third-order valence-electron chi connectivity index (χ3n) is 2.99. The van der Waals surface area contributed by atoms with Crippen molar-refractivity contribution < 1.29 is 19.1 Å².